The van der Waals surface area contributed by atoms with Gasteiger partial charge < -0.3 is 9.80 Å². The van der Waals surface area contributed by atoms with Crippen LogP contribution in [0.5, 0.6) is 0 Å². The number of hydrogen-bond acceptors (Lipinski definition) is 4. The van der Waals surface area contributed by atoms with Crippen molar-refractivity contribution >= 4 is 11.9 Å². The van der Waals surface area contributed by atoms with Crippen molar-refractivity contribution in [2.24, 2.45) is 0 Å². The van der Waals surface area contributed by atoms with Gasteiger partial charge in [0.25, 0.3) is 0 Å². The molecule has 0 spiro atoms. The van der Waals surface area contributed by atoms with E-state index in [4.69, 9.17) is 0 Å². The van der Waals surface area contributed by atoms with E-state index >= 15 is 0 Å². The van der Waals surface area contributed by atoms with Crippen molar-refractivity contribution in [2.75, 3.05) is 18.5 Å². The summed E-state index contributed by atoms with van der Waals surface area (Å²) in [6.07, 6.45) is 5.11. The maximum Gasteiger partial charge on any atom is 0.225 e. The van der Waals surface area contributed by atoms with Crippen molar-refractivity contribution in [3.05, 3.63) is 18.5 Å². The minimum Gasteiger partial charge on any atom is -0.341 e. The van der Waals surface area contributed by atoms with Crippen LogP contribution >= 0.6 is 0 Å². The summed E-state index contributed by atoms with van der Waals surface area (Å²) in [6.45, 7) is 0.941. The van der Waals surface area contributed by atoms with Crippen LogP contribution in [0, 0.1) is 0 Å². The van der Waals surface area contributed by atoms with Gasteiger partial charge in [-0.25, -0.2) is 9.97 Å². The van der Waals surface area contributed by atoms with Crippen molar-refractivity contribution in [1.29, 1.82) is 0 Å². The summed E-state index contributed by atoms with van der Waals surface area (Å²) in [7, 11) is 1.89. The molecule has 16 heavy (non-hydrogen) atoms. The van der Waals surface area contributed by atoms with Gasteiger partial charge in [-0.1, -0.05) is 0 Å². The molecule has 2 aliphatic heterocycles. The van der Waals surface area contributed by atoms with E-state index in [1.165, 1.54) is 0 Å². The van der Waals surface area contributed by atoms with Crippen molar-refractivity contribution in [3.8, 4) is 0 Å². The molecule has 0 N–H and O–H groups in total. The molecule has 2 aliphatic rings. The first-order valence-corrected chi connectivity index (χ1v) is 5.56. The number of anilines is 1. The van der Waals surface area contributed by atoms with Gasteiger partial charge in [-0.15, -0.1) is 0 Å². The minimum absolute atomic E-state index is 0.232. The molecule has 1 aromatic rings. The molecular weight excluding hydrogens is 204 g/mol. The molecule has 3 heterocycles. The Balaban J connectivity index is 1.88. The lowest BCUT2D eigenvalue weighted by Gasteiger charge is -2.23. The Morgan fingerprint density at radius 2 is 2.06 bits per heavy atom. The maximum atomic E-state index is 11.6. The van der Waals surface area contributed by atoms with Crippen molar-refractivity contribution < 1.29 is 4.79 Å². The number of amides is 1. The summed E-state index contributed by atoms with van der Waals surface area (Å²) in [5.74, 6) is 0.980. The predicted molar refractivity (Wildman–Crippen MR) is 59.0 cm³/mol. The van der Waals surface area contributed by atoms with Gasteiger partial charge in [0.1, 0.15) is 0 Å². The monoisotopic (exact) mass is 218 g/mol. The molecule has 2 atom stereocenters. The van der Waals surface area contributed by atoms with Crippen LogP contribution in [-0.4, -0.2) is 46.5 Å². The number of likely N-dealkylation sites (N-methyl/N-ethyl adjacent to an activating group) is 1. The topological polar surface area (TPSA) is 49.3 Å². The van der Waals surface area contributed by atoms with Crippen LogP contribution in [0.25, 0.3) is 0 Å². The van der Waals surface area contributed by atoms with Crippen LogP contribution in [0.1, 0.15) is 12.8 Å². The zero-order chi connectivity index (χ0) is 11.1. The predicted octanol–water partition coefficient (Wildman–Crippen LogP) is 0.286. The molecule has 0 aliphatic carbocycles. The molecule has 2 saturated heterocycles. The van der Waals surface area contributed by atoms with Gasteiger partial charge in [-0.3, -0.25) is 4.79 Å². The smallest absolute Gasteiger partial charge is 0.225 e. The van der Waals surface area contributed by atoms with Gasteiger partial charge in [0, 0.05) is 32.4 Å². The van der Waals surface area contributed by atoms with E-state index in [1.807, 2.05) is 18.0 Å². The second-order valence-corrected chi connectivity index (χ2v) is 4.37. The summed E-state index contributed by atoms with van der Waals surface area (Å²) in [5, 5.41) is 0. The van der Waals surface area contributed by atoms with Gasteiger partial charge in [0.15, 0.2) is 0 Å². The normalized spacial score (nSPS) is 28.7. The summed E-state index contributed by atoms with van der Waals surface area (Å²) in [4.78, 5) is 24.2. The van der Waals surface area contributed by atoms with Gasteiger partial charge in [-0.2, -0.15) is 0 Å². The average molecular weight is 218 g/mol. The lowest BCUT2D eigenvalue weighted by molar-refractivity contribution is -0.127. The summed E-state index contributed by atoms with van der Waals surface area (Å²) >= 11 is 0. The molecule has 0 saturated carbocycles. The van der Waals surface area contributed by atoms with E-state index in [2.05, 4.69) is 14.9 Å². The number of likely N-dealkylation sites (tertiary alicyclic amines) is 1. The number of carbonyl (C=O) groups is 1. The van der Waals surface area contributed by atoms with Crippen LogP contribution in [0.15, 0.2) is 18.5 Å². The second-order valence-electron chi connectivity index (χ2n) is 4.37. The fourth-order valence-electron chi connectivity index (χ4n) is 2.73. The second kappa shape index (κ2) is 3.43. The summed E-state index contributed by atoms with van der Waals surface area (Å²) < 4.78 is 0. The molecule has 0 aromatic carbocycles. The maximum absolute atomic E-state index is 11.6. The summed E-state index contributed by atoms with van der Waals surface area (Å²) in [6, 6.07) is 2.42. The highest BCUT2D eigenvalue weighted by Gasteiger charge is 2.45. The first-order valence-electron chi connectivity index (χ1n) is 5.56. The van der Waals surface area contributed by atoms with Crippen molar-refractivity contribution in [1.82, 2.24) is 14.9 Å². The lowest BCUT2D eigenvalue weighted by Crippen LogP contribution is -2.36. The molecule has 5 heteroatoms. The molecule has 84 valence electrons. The number of hydrogen-bond donors (Lipinski definition) is 0. The minimum atomic E-state index is 0.232. The van der Waals surface area contributed by atoms with E-state index in [-0.39, 0.29) is 11.9 Å². The average Bonchev–Trinajstić information content (AvgIpc) is 2.83. The third kappa shape index (κ3) is 1.27. The third-order valence-corrected chi connectivity index (χ3v) is 3.59. The Morgan fingerprint density at radius 3 is 2.81 bits per heavy atom. The molecular formula is C11H14N4O. The van der Waals surface area contributed by atoms with E-state index in [0.717, 1.165) is 18.9 Å². The first kappa shape index (κ1) is 9.57. The number of nitrogens with zero attached hydrogens (tertiary/aromatic N) is 4. The molecule has 0 bridgehead atoms. The van der Waals surface area contributed by atoms with Crippen LogP contribution in [0.4, 0.5) is 5.95 Å². The molecule has 3 rings (SSSR count). The van der Waals surface area contributed by atoms with E-state index < -0.39 is 0 Å². The largest absolute Gasteiger partial charge is 0.341 e. The Labute approximate surface area is 94.1 Å². The third-order valence-electron chi connectivity index (χ3n) is 3.59. The van der Waals surface area contributed by atoms with Gasteiger partial charge in [0.05, 0.1) is 12.1 Å². The highest BCUT2D eigenvalue weighted by atomic mass is 16.2. The van der Waals surface area contributed by atoms with E-state index in [0.29, 0.717) is 12.5 Å². The van der Waals surface area contributed by atoms with Crippen LogP contribution in [0.3, 0.4) is 0 Å². The molecule has 1 amide bonds. The fourth-order valence-corrected chi connectivity index (χ4v) is 2.73. The Bertz CT molecular complexity index is 408. The van der Waals surface area contributed by atoms with Gasteiger partial charge in [0.2, 0.25) is 11.9 Å². The number of rotatable bonds is 1. The Morgan fingerprint density at radius 1 is 1.31 bits per heavy atom. The van der Waals surface area contributed by atoms with Gasteiger partial charge >= 0.3 is 0 Å². The Kier molecular flexibility index (Phi) is 2.05. The Hall–Kier alpha value is -1.65. The number of aromatic nitrogens is 2. The fraction of sp³-hybridized carbons (Fsp3) is 0.545. The van der Waals surface area contributed by atoms with E-state index in [1.54, 1.807) is 12.4 Å². The molecule has 0 unspecified atom stereocenters. The first-order chi connectivity index (χ1) is 7.77. The van der Waals surface area contributed by atoms with Gasteiger partial charge in [-0.05, 0) is 12.5 Å². The van der Waals surface area contributed by atoms with Crippen molar-refractivity contribution in [2.45, 2.75) is 24.9 Å². The molecule has 5 nitrogen and oxygen atoms in total. The highest BCUT2D eigenvalue weighted by Crippen LogP contribution is 2.32. The van der Waals surface area contributed by atoms with E-state index in [9.17, 15) is 4.79 Å². The molecule has 0 radical (unpaired) electrons. The standard InChI is InChI=1S/C11H14N4O/c1-14-8-3-6-15(9(8)7-10(14)16)11-12-4-2-5-13-11/h2,4-5,8-9H,3,6-7H2,1H3/t8-,9-/m0/s1. The lowest BCUT2D eigenvalue weighted by atomic mass is 10.1. The van der Waals surface area contributed by atoms with Crippen LogP contribution in [-0.2, 0) is 4.79 Å². The van der Waals surface area contributed by atoms with Crippen LogP contribution < -0.4 is 4.90 Å². The SMILES string of the molecule is CN1C(=O)C[C@H]2[C@@H]1CCN2c1ncccn1. The molecule has 2 fully saturated rings. The van der Waals surface area contributed by atoms with Crippen LogP contribution in [0.2, 0.25) is 0 Å². The zero-order valence-corrected chi connectivity index (χ0v) is 9.21. The summed E-state index contributed by atoms with van der Waals surface area (Å²) in [5.41, 5.74) is 0. The van der Waals surface area contributed by atoms with Crippen molar-refractivity contribution in [3.63, 3.8) is 0 Å². The number of carbonyl (C=O) groups excluding carboxylic acids is 1. The number of fused-ring (bicyclic) bond motifs is 1. The quantitative estimate of drug-likeness (QED) is 0.679. The molecule has 1 aromatic heterocycles. The highest BCUT2D eigenvalue weighted by molar-refractivity contribution is 5.81. The zero-order valence-electron chi connectivity index (χ0n) is 9.21.